The topological polar surface area (TPSA) is 85.8 Å². The highest BCUT2D eigenvalue weighted by Crippen LogP contribution is 2.17. The van der Waals surface area contributed by atoms with Crippen LogP contribution in [-0.4, -0.2) is 25.6 Å². The minimum atomic E-state index is -0.0896. The first-order chi connectivity index (χ1) is 11.5. The van der Waals surface area contributed by atoms with E-state index < -0.39 is 0 Å². The van der Waals surface area contributed by atoms with Crippen LogP contribution < -0.4 is 5.32 Å². The summed E-state index contributed by atoms with van der Waals surface area (Å²) in [7, 11) is 0. The lowest BCUT2D eigenvalue weighted by atomic mass is 10.2. The smallest absolute Gasteiger partial charge is 0.227 e. The third-order valence-corrected chi connectivity index (χ3v) is 3.82. The monoisotopic (exact) mass is 325 g/mol. The van der Waals surface area contributed by atoms with Crippen LogP contribution in [0, 0.1) is 20.8 Å². The molecule has 24 heavy (non-hydrogen) atoms. The predicted molar refractivity (Wildman–Crippen MR) is 89.0 cm³/mol. The van der Waals surface area contributed by atoms with Crippen LogP contribution in [0.1, 0.15) is 29.5 Å². The first kappa shape index (κ1) is 15.9. The van der Waals surface area contributed by atoms with E-state index in [4.69, 9.17) is 4.52 Å². The normalized spacial score (nSPS) is 10.8. The summed E-state index contributed by atoms with van der Waals surface area (Å²) in [6, 6.07) is 7.65. The molecule has 2 heterocycles. The van der Waals surface area contributed by atoms with Crippen LogP contribution in [0.5, 0.6) is 0 Å². The first-order valence-corrected chi connectivity index (χ1v) is 7.73. The van der Waals surface area contributed by atoms with Crippen molar-refractivity contribution in [2.75, 3.05) is 5.32 Å². The van der Waals surface area contributed by atoms with Gasteiger partial charge in [-0.05, 0) is 45.0 Å². The van der Waals surface area contributed by atoms with E-state index in [1.807, 2.05) is 42.7 Å². The maximum Gasteiger partial charge on any atom is 0.227 e. The molecule has 0 aliphatic carbocycles. The molecule has 124 valence electrons. The number of nitrogens with zero attached hydrogens (tertiary/aromatic N) is 4. The molecule has 2 aromatic heterocycles. The van der Waals surface area contributed by atoms with Crippen molar-refractivity contribution in [3.05, 3.63) is 53.7 Å². The molecule has 0 saturated heterocycles. The molecule has 0 radical (unpaired) electrons. The number of anilines is 1. The number of hydrogen-bond donors (Lipinski definition) is 1. The molecule has 1 N–H and O–H groups in total. The molecule has 0 saturated carbocycles. The van der Waals surface area contributed by atoms with Crippen LogP contribution >= 0.6 is 0 Å². The number of nitrogens with one attached hydrogen (secondary N) is 1. The molecule has 0 atom stereocenters. The Balaban J connectivity index is 1.59. The molecule has 3 aromatic rings. The Bertz CT molecular complexity index is 848. The van der Waals surface area contributed by atoms with Gasteiger partial charge in [0.1, 0.15) is 0 Å². The van der Waals surface area contributed by atoms with Crippen LogP contribution in [0.2, 0.25) is 0 Å². The average molecular weight is 325 g/mol. The molecule has 0 unspecified atom stereocenters. The highest BCUT2D eigenvalue weighted by Gasteiger charge is 2.08. The number of carbonyl (C=O) groups excluding carboxylic acids is 1. The minimum Gasteiger partial charge on any atom is -0.339 e. The molecule has 0 aliphatic rings. The fraction of sp³-hybridized carbons (Fsp3) is 0.294. The van der Waals surface area contributed by atoms with Gasteiger partial charge in [0.2, 0.25) is 11.8 Å². The molecular weight excluding hydrogens is 306 g/mol. The summed E-state index contributed by atoms with van der Waals surface area (Å²) in [6.07, 6.45) is 2.52. The van der Waals surface area contributed by atoms with E-state index >= 15 is 0 Å². The van der Waals surface area contributed by atoms with Crippen molar-refractivity contribution in [3.8, 4) is 5.69 Å². The maximum atomic E-state index is 12.0. The SMILES string of the molecule is Cc1noc(CCC(=O)Nc2ccc(-n3cnc(C)c3C)cc2)n1. The zero-order valence-electron chi connectivity index (χ0n) is 13.9. The van der Waals surface area contributed by atoms with Gasteiger partial charge in [-0.2, -0.15) is 4.98 Å². The number of rotatable bonds is 5. The van der Waals surface area contributed by atoms with Gasteiger partial charge in [-0.1, -0.05) is 5.16 Å². The Hall–Kier alpha value is -2.96. The van der Waals surface area contributed by atoms with Crippen molar-refractivity contribution in [2.45, 2.75) is 33.6 Å². The third kappa shape index (κ3) is 3.51. The summed E-state index contributed by atoms with van der Waals surface area (Å²) < 4.78 is 7.01. The predicted octanol–water partition coefficient (Wildman–Crippen LogP) is 2.75. The molecule has 0 spiro atoms. The summed E-state index contributed by atoms with van der Waals surface area (Å²) in [5.41, 5.74) is 3.86. The van der Waals surface area contributed by atoms with E-state index in [9.17, 15) is 4.79 Å². The van der Waals surface area contributed by atoms with Crippen molar-refractivity contribution in [3.63, 3.8) is 0 Å². The average Bonchev–Trinajstić information content (AvgIpc) is 3.13. The van der Waals surface area contributed by atoms with Crippen LogP contribution in [0.25, 0.3) is 5.69 Å². The summed E-state index contributed by atoms with van der Waals surface area (Å²) in [5.74, 6) is 0.961. The van der Waals surface area contributed by atoms with Gasteiger partial charge in [0, 0.05) is 29.9 Å². The lowest BCUT2D eigenvalue weighted by molar-refractivity contribution is -0.116. The molecule has 3 rings (SSSR count). The third-order valence-electron chi connectivity index (χ3n) is 3.82. The Kier molecular flexibility index (Phi) is 4.41. The molecule has 1 amide bonds. The Morgan fingerprint density at radius 2 is 1.96 bits per heavy atom. The van der Waals surface area contributed by atoms with Crippen LogP contribution in [0.4, 0.5) is 5.69 Å². The first-order valence-electron chi connectivity index (χ1n) is 7.73. The van der Waals surface area contributed by atoms with Gasteiger partial charge in [-0.15, -0.1) is 0 Å². The lowest BCUT2D eigenvalue weighted by Gasteiger charge is -2.08. The molecule has 0 fully saturated rings. The number of imidazole rings is 1. The highest BCUT2D eigenvalue weighted by atomic mass is 16.5. The lowest BCUT2D eigenvalue weighted by Crippen LogP contribution is -2.12. The molecule has 0 bridgehead atoms. The highest BCUT2D eigenvalue weighted by molar-refractivity contribution is 5.90. The zero-order chi connectivity index (χ0) is 17.1. The number of carbonyl (C=O) groups is 1. The second-order valence-corrected chi connectivity index (χ2v) is 5.62. The van der Waals surface area contributed by atoms with Gasteiger partial charge in [-0.25, -0.2) is 4.98 Å². The number of aromatic nitrogens is 4. The maximum absolute atomic E-state index is 12.0. The van der Waals surface area contributed by atoms with E-state index in [0.717, 1.165) is 22.8 Å². The number of hydrogen-bond acceptors (Lipinski definition) is 5. The van der Waals surface area contributed by atoms with Gasteiger partial charge in [0.25, 0.3) is 0 Å². The van der Waals surface area contributed by atoms with Gasteiger partial charge in [0.15, 0.2) is 5.82 Å². The number of amides is 1. The van der Waals surface area contributed by atoms with Crippen molar-refractivity contribution in [1.82, 2.24) is 19.7 Å². The molecule has 7 heteroatoms. The standard InChI is InChI=1S/C17H19N5O2/c1-11-12(2)22(10-18-11)15-6-4-14(5-7-15)20-16(23)8-9-17-19-13(3)21-24-17/h4-7,10H,8-9H2,1-3H3,(H,20,23). The second-order valence-electron chi connectivity index (χ2n) is 5.62. The fourth-order valence-electron chi connectivity index (χ4n) is 2.35. The van der Waals surface area contributed by atoms with E-state index in [-0.39, 0.29) is 5.91 Å². The minimum absolute atomic E-state index is 0.0896. The van der Waals surface area contributed by atoms with Gasteiger partial charge >= 0.3 is 0 Å². The quantitative estimate of drug-likeness (QED) is 0.779. The van der Waals surface area contributed by atoms with Gasteiger partial charge in [0.05, 0.1) is 12.0 Å². The summed E-state index contributed by atoms with van der Waals surface area (Å²) in [6.45, 7) is 5.75. The fourth-order valence-corrected chi connectivity index (χ4v) is 2.35. The molecule has 0 aliphatic heterocycles. The van der Waals surface area contributed by atoms with Crippen molar-refractivity contribution < 1.29 is 9.32 Å². The summed E-state index contributed by atoms with van der Waals surface area (Å²) in [5, 5.41) is 6.56. The number of benzene rings is 1. The molecule has 7 nitrogen and oxygen atoms in total. The van der Waals surface area contributed by atoms with E-state index in [1.165, 1.54) is 0 Å². The van der Waals surface area contributed by atoms with Gasteiger partial charge in [-0.3, -0.25) is 4.79 Å². The van der Waals surface area contributed by atoms with Gasteiger partial charge < -0.3 is 14.4 Å². The Labute approximate surface area is 139 Å². The largest absolute Gasteiger partial charge is 0.339 e. The molecular formula is C17H19N5O2. The van der Waals surface area contributed by atoms with Crippen LogP contribution in [-0.2, 0) is 11.2 Å². The summed E-state index contributed by atoms with van der Waals surface area (Å²) in [4.78, 5) is 20.4. The van der Waals surface area contributed by atoms with E-state index in [1.54, 1.807) is 13.3 Å². The van der Waals surface area contributed by atoms with E-state index in [0.29, 0.717) is 24.6 Å². The molecule has 1 aromatic carbocycles. The van der Waals surface area contributed by atoms with Crippen molar-refractivity contribution in [1.29, 1.82) is 0 Å². The van der Waals surface area contributed by atoms with E-state index in [2.05, 4.69) is 20.4 Å². The zero-order valence-corrected chi connectivity index (χ0v) is 13.9. The van der Waals surface area contributed by atoms with Crippen molar-refractivity contribution >= 4 is 11.6 Å². The van der Waals surface area contributed by atoms with Crippen LogP contribution in [0.15, 0.2) is 35.1 Å². The summed E-state index contributed by atoms with van der Waals surface area (Å²) >= 11 is 0. The van der Waals surface area contributed by atoms with Crippen LogP contribution in [0.3, 0.4) is 0 Å². The Morgan fingerprint density at radius 3 is 2.54 bits per heavy atom. The Morgan fingerprint density at radius 1 is 1.21 bits per heavy atom. The second kappa shape index (κ2) is 6.66. The number of aryl methyl sites for hydroxylation is 3. The van der Waals surface area contributed by atoms with Crippen molar-refractivity contribution in [2.24, 2.45) is 0 Å².